The number of nitrogen functional groups attached to an aromatic ring is 1. The van der Waals surface area contributed by atoms with Gasteiger partial charge in [0.25, 0.3) is 0 Å². The number of benzene rings is 2. The second-order valence-electron chi connectivity index (χ2n) is 3.85. The number of hydrogen-bond acceptors (Lipinski definition) is 3. The molecule has 0 saturated heterocycles. The van der Waals surface area contributed by atoms with Crippen LogP contribution in [0.25, 0.3) is 0 Å². The summed E-state index contributed by atoms with van der Waals surface area (Å²) in [6.45, 7) is 1.91. The van der Waals surface area contributed by atoms with Crippen LogP contribution in [0, 0.1) is 18.3 Å². The molecule has 0 fully saturated rings. The third kappa shape index (κ3) is 2.39. The summed E-state index contributed by atoms with van der Waals surface area (Å²) in [5, 5.41) is 9.14. The van der Waals surface area contributed by atoms with Crippen LogP contribution < -0.4 is 10.5 Å². The number of hydrogen-bond donors (Lipinski definition) is 1. The molecule has 0 unspecified atom stereocenters. The second kappa shape index (κ2) is 4.99. The normalized spacial score (nSPS) is 9.83. The summed E-state index contributed by atoms with van der Waals surface area (Å²) >= 11 is 6.03. The van der Waals surface area contributed by atoms with E-state index in [9.17, 15) is 0 Å². The van der Waals surface area contributed by atoms with E-state index >= 15 is 0 Å². The van der Waals surface area contributed by atoms with E-state index < -0.39 is 0 Å². The van der Waals surface area contributed by atoms with Gasteiger partial charge in [0.15, 0.2) is 5.75 Å². The smallest absolute Gasteiger partial charge is 0.150 e. The maximum atomic E-state index is 8.75. The number of nitriles is 1. The van der Waals surface area contributed by atoms with Crippen LogP contribution in [-0.2, 0) is 0 Å². The summed E-state index contributed by atoms with van der Waals surface area (Å²) in [5.41, 5.74) is 7.93. The van der Waals surface area contributed by atoms with E-state index in [4.69, 9.17) is 27.3 Å². The molecule has 0 radical (unpaired) electrons. The van der Waals surface area contributed by atoms with Crippen LogP contribution in [0.2, 0.25) is 5.02 Å². The van der Waals surface area contributed by atoms with Gasteiger partial charge in [0, 0.05) is 0 Å². The molecule has 0 atom stereocenters. The molecule has 90 valence electrons. The zero-order valence-electron chi connectivity index (χ0n) is 9.77. The van der Waals surface area contributed by atoms with Crippen molar-refractivity contribution in [1.29, 1.82) is 5.26 Å². The molecule has 0 saturated carbocycles. The predicted octanol–water partition coefficient (Wildman–Crippen LogP) is 3.89. The first kappa shape index (κ1) is 12.3. The third-order valence-electron chi connectivity index (χ3n) is 2.57. The summed E-state index contributed by atoms with van der Waals surface area (Å²) in [5.74, 6) is 1.04. The van der Waals surface area contributed by atoms with Crippen molar-refractivity contribution in [3.8, 4) is 17.6 Å². The van der Waals surface area contributed by atoms with Crippen molar-refractivity contribution in [2.45, 2.75) is 6.92 Å². The van der Waals surface area contributed by atoms with E-state index in [0.29, 0.717) is 27.8 Å². The molecule has 0 aliphatic carbocycles. The van der Waals surface area contributed by atoms with E-state index in [1.54, 1.807) is 24.3 Å². The molecule has 18 heavy (non-hydrogen) atoms. The van der Waals surface area contributed by atoms with Crippen LogP contribution in [0.5, 0.6) is 11.5 Å². The molecule has 0 aliphatic heterocycles. The minimum Gasteiger partial charge on any atom is -0.454 e. The molecule has 0 heterocycles. The number of ether oxygens (including phenoxy) is 1. The van der Waals surface area contributed by atoms with Crippen molar-refractivity contribution in [3.05, 3.63) is 52.5 Å². The second-order valence-corrected chi connectivity index (χ2v) is 4.25. The van der Waals surface area contributed by atoms with Gasteiger partial charge in [-0.05, 0) is 36.8 Å². The zero-order chi connectivity index (χ0) is 13.1. The maximum absolute atomic E-state index is 8.75. The van der Waals surface area contributed by atoms with Crippen molar-refractivity contribution < 1.29 is 4.74 Å². The molecule has 4 heteroatoms. The molecule has 2 aromatic rings. The molecular weight excluding hydrogens is 248 g/mol. The third-order valence-corrected chi connectivity index (χ3v) is 2.86. The summed E-state index contributed by atoms with van der Waals surface area (Å²) in [6, 6.07) is 12.4. The number of anilines is 1. The van der Waals surface area contributed by atoms with Crippen LogP contribution >= 0.6 is 11.6 Å². The molecule has 2 aromatic carbocycles. The van der Waals surface area contributed by atoms with Gasteiger partial charge in [0.05, 0.1) is 22.3 Å². The minimum absolute atomic E-state index is 0.384. The SMILES string of the molecule is Cc1cccc(Oc2ccc(C#N)cc2Cl)c1N. The Morgan fingerprint density at radius 3 is 2.67 bits per heavy atom. The highest BCUT2D eigenvalue weighted by Gasteiger charge is 2.08. The van der Waals surface area contributed by atoms with E-state index in [2.05, 4.69) is 0 Å². The predicted molar refractivity (Wildman–Crippen MR) is 71.8 cm³/mol. The zero-order valence-corrected chi connectivity index (χ0v) is 10.5. The van der Waals surface area contributed by atoms with Gasteiger partial charge in [-0.25, -0.2) is 0 Å². The van der Waals surface area contributed by atoms with Crippen LogP contribution in [0.3, 0.4) is 0 Å². The van der Waals surface area contributed by atoms with Crippen LogP contribution in [0.4, 0.5) is 5.69 Å². The van der Waals surface area contributed by atoms with Crippen molar-refractivity contribution >= 4 is 17.3 Å². The Balaban J connectivity index is 2.35. The first-order chi connectivity index (χ1) is 8.61. The van der Waals surface area contributed by atoms with Gasteiger partial charge in [0.2, 0.25) is 0 Å². The lowest BCUT2D eigenvalue weighted by Crippen LogP contribution is -1.95. The monoisotopic (exact) mass is 258 g/mol. The molecule has 3 nitrogen and oxygen atoms in total. The molecule has 2 N–H and O–H groups in total. The average Bonchev–Trinajstić information content (AvgIpc) is 2.37. The van der Waals surface area contributed by atoms with Crippen LogP contribution in [0.15, 0.2) is 36.4 Å². The standard InChI is InChI=1S/C14H11ClN2O/c1-9-3-2-4-13(14(9)17)18-12-6-5-10(8-16)7-11(12)15/h2-7H,17H2,1H3. The van der Waals surface area contributed by atoms with Gasteiger partial charge >= 0.3 is 0 Å². The summed E-state index contributed by atoms with van der Waals surface area (Å²) in [7, 11) is 0. The fourth-order valence-electron chi connectivity index (χ4n) is 1.51. The van der Waals surface area contributed by atoms with Crippen LogP contribution in [-0.4, -0.2) is 0 Å². The molecule has 0 aliphatic rings. The van der Waals surface area contributed by atoms with Gasteiger partial charge in [-0.3, -0.25) is 0 Å². The van der Waals surface area contributed by atoms with Crippen molar-refractivity contribution in [1.82, 2.24) is 0 Å². The van der Waals surface area contributed by atoms with Gasteiger partial charge in [-0.15, -0.1) is 0 Å². The molecule has 0 aromatic heterocycles. The Hall–Kier alpha value is -2.18. The first-order valence-electron chi connectivity index (χ1n) is 5.34. The lowest BCUT2D eigenvalue weighted by molar-refractivity contribution is 0.485. The molecule has 0 bridgehead atoms. The largest absolute Gasteiger partial charge is 0.454 e. The number of halogens is 1. The Morgan fingerprint density at radius 1 is 1.22 bits per heavy atom. The number of para-hydroxylation sites is 1. The highest BCUT2D eigenvalue weighted by molar-refractivity contribution is 6.32. The Kier molecular flexibility index (Phi) is 3.40. The van der Waals surface area contributed by atoms with Gasteiger partial charge < -0.3 is 10.5 Å². The first-order valence-corrected chi connectivity index (χ1v) is 5.72. The van der Waals surface area contributed by atoms with Gasteiger partial charge in [-0.1, -0.05) is 23.7 Å². The number of rotatable bonds is 2. The van der Waals surface area contributed by atoms with E-state index in [0.717, 1.165) is 5.56 Å². The molecule has 2 rings (SSSR count). The maximum Gasteiger partial charge on any atom is 0.150 e. The van der Waals surface area contributed by atoms with Crippen LogP contribution in [0.1, 0.15) is 11.1 Å². The average molecular weight is 259 g/mol. The van der Waals surface area contributed by atoms with Gasteiger partial charge in [-0.2, -0.15) is 5.26 Å². The Morgan fingerprint density at radius 2 is 2.00 bits per heavy atom. The van der Waals surface area contributed by atoms with Crippen molar-refractivity contribution in [3.63, 3.8) is 0 Å². The topological polar surface area (TPSA) is 59.0 Å². The van der Waals surface area contributed by atoms with E-state index in [-0.39, 0.29) is 0 Å². The number of nitrogens with zero attached hydrogens (tertiary/aromatic N) is 1. The van der Waals surface area contributed by atoms with Crippen molar-refractivity contribution in [2.24, 2.45) is 0 Å². The summed E-state index contributed by atoms with van der Waals surface area (Å²) < 4.78 is 5.65. The van der Waals surface area contributed by atoms with E-state index in [1.807, 2.05) is 25.1 Å². The Bertz CT molecular complexity index is 632. The highest BCUT2D eigenvalue weighted by Crippen LogP contribution is 2.34. The van der Waals surface area contributed by atoms with Gasteiger partial charge in [0.1, 0.15) is 5.75 Å². The van der Waals surface area contributed by atoms with Crippen molar-refractivity contribution in [2.75, 3.05) is 5.73 Å². The molecule has 0 spiro atoms. The summed E-state index contributed by atoms with van der Waals surface area (Å²) in [6.07, 6.45) is 0. The fraction of sp³-hybridized carbons (Fsp3) is 0.0714. The fourth-order valence-corrected chi connectivity index (χ4v) is 1.73. The minimum atomic E-state index is 0.384. The summed E-state index contributed by atoms with van der Waals surface area (Å²) in [4.78, 5) is 0. The lowest BCUT2D eigenvalue weighted by Gasteiger charge is -2.11. The quantitative estimate of drug-likeness (QED) is 0.831. The Labute approximate surface area is 110 Å². The number of nitrogens with two attached hydrogens (primary N) is 1. The molecular formula is C14H11ClN2O. The lowest BCUT2D eigenvalue weighted by atomic mass is 10.2. The number of aryl methyl sites for hydroxylation is 1. The van der Waals surface area contributed by atoms with E-state index in [1.165, 1.54) is 0 Å². The highest BCUT2D eigenvalue weighted by atomic mass is 35.5. The molecule has 0 amide bonds.